The Labute approximate surface area is 104 Å². The third-order valence-electron chi connectivity index (χ3n) is 3.88. The Morgan fingerprint density at radius 3 is 2.82 bits per heavy atom. The topological polar surface area (TPSA) is 33.1 Å². The van der Waals surface area contributed by atoms with Crippen molar-refractivity contribution in [2.45, 2.75) is 45.7 Å². The molecule has 4 heteroatoms. The number of aromatic nitrogens is 2. The molecule has 1 aliphatic heterocycles. The van der Waals surface area contributed by atoms with Crippen LogP contribution in [0.25, 0.3) is 0 Å². The van der Waals surface area contributed by atoms with E-state index < -0.39 is 0 Å². The number of nitrogens with one attached hydrogen (secondary N) is 1. The summed E-state index contributed by atoms with van der Waals surface area (Å²) in [6.45, 7) is 6.68. The molecule has 1 N–H and O–H groups in total. The van der Waals surface area contributed by atoms with Crippen molar-refractivity contribution in [1.82, 2.24) is 14.7 Å². The molecule has 96 valence electrons. The molecule has 0 bridgehead atoms. The third-order valence-corrected chi connectivity index (χ3v) is 3.88. The molecule has 4 nitrogen and oxygen atoms in total. The first-order chi connectivity index (χ1) is 8.13. The monoisotopic (exact) mass is 236 g/mol. The van der Waals surface area contributed by atoms with Crippen LogP contribution < -0.4 is 5.32 Å². The number of anilines is 1. The summed E-state index contributed by atoms with van der Waals surface area (Å²) >= 11 is 0. The van der Waals surface area contributed by atoms with Gasteiger partial charge in [-0.15, -0.1) is 0 Å². The van der Waals surface area contributed by atoms with Crippen molar-refractivity contribution >= 4 is 5.82 Å². The first-order valence-corrected chi connectivity index (χ1v) is 6.57. The van der Waals surface area contributed by atoms with E-state index in [-0.39, 0.29) is 0 Å². The quantitative estimate of drug-likeness (QED) is 0.873. The van der Waals surface area contributed by atoms with Gasteiger partial charge in [0.05, 0.1) is 5.69 Å². The van der Waals surface area contributed by atoms with Crippen LogP contribution in [-0.2, 0) is 13.6 Å². The fraction of sp³-hybridized carbons (Fsp3) is 0.769. The zero-order chi connectivity index (χ0) is 12.4. The first-order valence-electron chi connectivity index (χ1n) is 6.57. The largest absolute Gasteiger partial charge is 0.373 e. The molecule has 17 heavy (non-hydrogen) atoms. The van der Waals surface area contributed by atoms with Gasteiger partial charge < -0.3 is 5.32 Å². The van der Waals surface area contributed by atoms with Crippen molar-refractivity contribution < 1.29 is 0 Å². The highest BCUT2D eigenvalue weighted by molar-refractivity contribution is 5.46. The zero-order valence-corrected chi connectivity index (χ0v) is 11.5. The lowest BCUT2D eigenvalue weighted by molar-refractivity contribution is 0.152. The number of likely N-dealkylation sites (tertiary alicyclic amines) is 1. The molecule has 0 radical (unpaired) electrons. The Kier molecular flexibility index (Phi) is 3.72. The van der Waals surface area contributed by atoms with Gasteiger partial charge in [0.15, 0.2) is 0 Å². The average molecular weight is 236 g/mol. The highest BCUT2D eigenvalue weighted by atomic mass is 15.3. The van der Waals surface area contributed by atoms with Crippen molar-refractivity contribution in [2.75, 3.05) is 18.9 Å². The molecule has 0 amide bonds. The minimum atomic E-state index is 0.702. The van der Waals surface area contributed by atoms with Crippen molar-refractivity contribution in [1.29, 1.82) is 0 Å². The molecule has 1 saturated heterocycles. The van der Waals surface area contributed by atoms with E-state index in [4.69, 9.17) is 0 Å². The van der Waals surface area contributed by atoms with E-state index in [1.54, 1.807) is 0 Å². The Morgan fingerprint density at radius 1 is 1.41 bits per heavy atom. The SMILES string of the molecule is CNc1c(CN2CCCCC2C)c(C)nn1C. The molecule has 1 aliphatic rings. The van der Waals surface area contributed by atoms with Crippen LogP contribution in [0.3, 0.4) is 0 Å². The smallest absolute Gasteiger partial charge is 0.128 e. The minimum Gasteiger partial charge on any atom is -0.373 e. The number of aryl methyl sites for hydroxylation is 2. The summed E-state index contributed by atoms with van der Waals surface area (Å²) in [4.78, 5) is 2.58. The minimum absolute atomic E-state index is 0.702. The summed E-state index contributed by atoms with van der Waals surface area (Å²) in [5.74, 6) is 1.15. The van der Waals surface area contributed by atoms with Crippen LogP contribution in [0.15, 0.2) is 0 Å². The highest BCUT2D eigenvalue weighted by Crippen LogP contribution is 2.24. The molecule has 0 spiro atoms. The molecule has 2 heterocycles. The van der Waals surface area contributed by atoms with Gasteiger partial charge in [0.1, 0.15) is 5.82 Å². The molecule has 0 aliphatic carbocycles. The standard InChI is InChI=1S/C13H24N4/c1-10-7-5-6-8-17(10)9-12-11(2)15-16(4)13(12)14-3/h10,14H,5-9H2,1-4H3. The Bertz CT molecular complexity index is 383. The van der Waals surface area contributed by atoms with Crippen LogP contribution in [-0.4, -0.2) is 34.3 Å². The van der Waals surface area contributed by atoms with Gasteiger partial charge in [-0.3, -0.25) is 9.58 Å². The van der Waals surface area contributed by atoms with E-state index in [0.29, 0.717) is 6.04 Å². The predicted molar refractivity (Wildman–Crippen MR) is 71.2 cm³/mol. The first kappa shape index (κ1) is 12.4. The van der Waals surface area contributed by atoms with Crippen LogP contribution in [0.5, 0.6) is 0 Å². The fourth-order valence-electron chi connectivity index (χ4n) is 2.80. The van der Waals surface area contributed by atoms with Crippen LogP contribution in [0.2, 0.25) is 0 Å². The fourth-order valence-corrected chi connectivity index (χ4v) is 2.80. The van der Waals surface area contributed by atoms with Gasteiger partial charge in [-0.25, -0.2) is 0 Å². The van der Waals surface area contributed by atoms with E-state index >= 15 is 0 Å². The van der Waals surface area contributed by atoms with Gasteiger partial charge in [-0.05, 0) is 33.2 Å². The van der Waals surface area contributed by atoms with E-state index in [0.717, 1.165) is 18.1 Å². The van der Waals surface area contributed by atoms with Crippen LogP contribution in [0.4, 0.5) is 5.82 Å². The summed E-state index contributed by atoms with van der Waals surface area (Å²) in [5.41, 5.74) is 2.50. The summed E-state index contributed by atoms with van der Waals surface area (Å²) in [7, 11) is 3.97. The van der Waals surface area contributed by atoms with Gasteiger partial charge in [0, 0.05) is 32.2 Å². The van der Waals surface area contributed by atoms with Crippen LogP contribution in [0, 0.1) is 6.92 Å². The summed E-state index contributed by atoms with van der Waals surface area (Å²) in [5, 5.41) is 7.76. The molecule has 1 aromatic heterocycles. The molecule has 1 atom stereocenters. The second-order valence-corrected chi connectivity index (χ2v) is 5.10. The molecule has 0 saturated carbocycles. The van der Waals surface area contributed by atoms with Gasteiger partial charge in [0.2, 0.25) is 0 Å². The Hall–Kier alpha value is -1.03. The van der Waals surface area contributed by atoms with Gasteiger partial charge in [-0.2, -0.15) is 5.10 Å². The second kappa shape index (κ2) is 5.08. The maximum Gasteiger partial charge on any atom is 0.128 e. The van der Waals surface area contributed by atoms with Gasteiger partial charge in [0.25, 0.3) is 0 Å². The van der Waals surface area contributed by atoms with E-state index in [1.807, 2.05) is 18.8 Å². The zero-order valence-electron chi connectivity index (χ0n) is 11.5. The lowest BCUT2D eigenvalue weighted by Gasteiger charge is -2.33. The third kappa shape index (κ3) is 2.46. The molecular weight excluding hydrogens is 212 g/mol. The van der Waals surface area contributed by atoms with Crippen molar-refractivity contribution in [3.8, 4) is 0 Å². The highest BCUT2D eigenvalue weighted by Gasteiger charge is 2.21. The Morgan fingerprint density at radius 2 is 2.18 bits per heavy atom. The number of hydrogen-bond acceptors (Lipinski definition) is 3. The number of rotatable bonds is 3. The van der Waals surface area contributed by atoms with E-state index in [1.165, 1.54) is 31.4 Å². The number of hydrogen-bond donors (Lipinski definition) is 1. The lowest BCUT2D eigenvalue weighted by Crippen LogP contribution is -2.37. The van der Waals surface area contributed by atoms with Crippen LogP contribution >= 0.6 is 0 Å². The molecule has 0 aromatic carbocycles. The maximum absolute atomic E-state index is 4.50. The van der Waals surface area contributed by atoms with Gasteiger partial charge >= 0.3 is 0 Å². The molecule has 2 rings (SSSR count). The summed E-state index contributed by atoms with van der Waals surface area (Å²) in [6.07, 6.45) is 4.04. The van der Waals surface area contributed by atoms with Crippen molar-refractivity contribution in [3.63, 3.8) is 0 Å². The Balaban J connectivity index is 2.17. The van der Waals surface area contributed by atoms with Crippen LogP contribution in [0.1, 0.15) is 37.4 Å². The normalized spacial score (nSPS) is 21.8. The molecule has 1 fully saturated rings. The van der Waals surface area contributed by atoms with E-state index in [9.17, 15) is 0 Å². The van der Waals surface area contributed by atoms with Crippen molar-refractivity contribution in [2.24, 2.45) is 7.05 Å². The van der Waals surface area contributed by atoms with E-state index in [2.05, 4.69) is 29.2 Å². The maximum atomic E-state index is 4.50. The number of piperidine rings is 1. The lowest BCUT2D eigenvalue weighted by atomic mass is 10.0. The average Bonchev–Trinajstić information content (AvgIpc) is 2.56. The summed E-state index contributed by atoms with van der Waals surface area (Å²) < 4.78 is 1.94. The molecular formula is C13H24N4. The summed E-state index contributed by atoms with van der Waals surface area (Å²) in [6, 6.07) is 0.702. The predicted octanol–water partition coefficient (Wildman–Crippen LogP) is 2.14. The molecule has 1 aromatic rings. The second-order valence-electron chi connectivity index (χ2n) is 5.10. The molecule has 1 unspecified atom stereocenters. The van der Waals surface area contributed by atoms with Crippen molar-refractivity contribution in [3.05, 3.63) is 11.3 Å². The number of nitrogens with zero attached hydrogens (tertiary/aromatic N) is 3. The van der Waals surface area contributed by atoms with Gasteiger partial charge in [-0.1, -0.05) is 6.42 Å².